The molecule has 1 aromatic heterocycles. The van der Waals surface area contributed by atoms with Crippen LogP contribution in [0, 0.1) is 0 Å². The van der Waals surface area contributed by atoms with E-state index in [4.69, 9.17) is 5.73 Å². The van der Waals surface area contributed by atoms with E-state index in [1.54, 1.807) is 6.20 Å². The van der Waals surface area contributed by atoms with Gasteiger partial charge in [0.05, 0.1) is 6.20 Å². The maximum atomic E-state index is 5.74. The van der Waals surface area contributed by atoms with Gasteiger partial charge in [-0.1, -0.05) is 6.92 Å². The van der Waals surface area contributed by atoms with Crippen molar-refractivity contribution in [2.45, 2.75) is 19.9 Å². The first-order valence-electron chi connectivity index (χ1n) is 6.09. The average molecular weight is 237 g/mol. The first-order chi connectivity index (χ1) is 8.19. The average Bonchev–Trinajstić information content (AvgIpc) is 2.34. The van der Waals surface area contributed by atoms with E-state index in [-0.39, 0.29) is 0 Å². The zero-order chi connectivity index (χ0) is 12.7. The molecule has 0 fully saturated rings. The van der Waals surface area contributed by atoms with Gasteiger partial charge in [0.25, 0.3) is 0 Å². The van der Waals surface area contributed by atoms with Crippen LogP contribution in [-0.2, 0) is 6.54 Å². The second-order valence-electron chi connectivity index (χ2n) is 4.37. The topological polar surface area (TPSA) is 58.3 Å². The number of nitrogens with two attached hydrogens (primary N) is 1. The zero-order valence-electron chi connectivity index (χ0n) is 11.1. The lowest BCUT2D eigenvalue weighted by atomic mass is 10.2. The molecule has 0 saturated heterocycles. The van der Waals surface area contributed by atoms with Crippen molar-refractivity contribution < 1.29 is 0 Å². The maximum absolute atomic E-state index is 5.74. The van der Waals surface area contributed by atoms with E-state index in [2.05, 4.69) is 41.0 Å². The second kappa shape index (κ2) is 7.19. The molecule has 0 aliphatic carbocycles. The van der Waals surface area contributed by atoms with E-state index in [1.807, 2.05) is 6.07 Å². The Bertz CT molecular complexity index is 326. The molecule has 0 aromatic carbocycles. The van der Waals surface area contributed by atoms with E-state index < -0.39 is 0 Å². The molecule has 2 N–H and O–H groups in total. The van der Waals surface area contributed by atoms with E-state index in [9.17, 15) is 0 Å². The molecular weight excluding hydrogens is 214 g/mol. The number of rotatable bonds is 7. The minimum Gasteiger partial charge on any atom is -0.354 e. The zero-order valence-corrected chi connectivity index (χ0v) is 11.1. The van der Waals surface area contributed by atoms with Gasteiger partial charge in [-0.15, -0.1) is 5.10 Å². The number of hydrogen-bond donors (Lipinski definition) is 1. The lowest BCUT2D eigenvalue weighted by molar-refractivity contribution is 0.412. The van der Waals surface area contributed by atoms with Crippen molar-refractivity contribution in [1.29, 1.82) is 0 Å². The smallest absolute Gasteiger partial charge is 0.155 e. The summed E-state index contributed by atoms with van der Waals surface area (Å²) in [5.74, 6) is 0.929. The molecule has 1 rings (SSSR count). The first-order valence-corrected chi connectivity index (χ1v) is 6.09. The Labute approximate surface area is 104 Å². The predicted octanol–water partition coefficient (Wildman–Crippen LogP) is 0.713. The molecule has 17 heavy (non-hydrogen) atoms. The number of likely N-dealkylation sites (N-methyl/N-ethyl adjacent to an activating group) is 1. The van der Waals surface area contributed by atoms with E-state index >= 15 is 0 Å². The van der Waals surface area contributed by atoms with Crippen LogP contribution < -0.4 is 10.6 Å². The van der Waals surface area contributed by atoms with Gasteiger partial charge in [0.2, 0.25) is 0 Å². The fourth-order valence-corrected chi connectivity index (χ4v) is 1.69. The van der Waals surface area contributed by atoms with Gasteiger partial charge in [-0.05, 0) is 26.6 Å². The number of hydrogen-bond acceptors (Lipinski definition) is 5. The number of nitrogens with zero attached hydrogens (tertiary/aromatic N) is 4. The Morgan fingerprint density at radius 1 is 1.24 bits per heavy atom. The molecular formula is C12H23N5. The highest BCUT2D eigenvalue weighted by Gasteiger charge is 2.11. The molecule has 0 radical (unpaired) electrons. The third-order valence-corrected chi connectivity index (χ3v) is 2.61. The van der Waals surface area contributed by atoms with Gasteiger partial charge < -0.3 is 15.5 Å². The van der Waals surface area contributed by atoms with Gasteiger partial charge in [-0.3, -0.25) is 0 Å². The summed E-state index contributed by atoms with van der Waals surface area (Å²) >= 11 is 0. The Kier molecular flexibility index (Phi) is 5.86. The fraction of sp³-hybridized carbons (Fsp3) is 0.667. The van der Waals surface area contributed by atoms with Crippen LogP contribution in [0.1, 0.15) is 18.9 Å². The maximum Gasteiger partial charge on any atom is 0.155 e. The summed E-state index contributed by atoms with van der Waals surface area (Å²) in [6.07, 6.45) is 2.79. The minimum absolute atomic E-state index is 0.507. The monoisotopic (exact) mass is 237 g/mol. The fourth-order valence-electron chi connectivity index (χ4n) is 1.69. The summed E-state index contributed by atoms with van der Waals surface area (Å²) in [6.45, 7) is 5.61. The van der Waals surface area contributed by atoms with Crippen LogP contribution in [0.25, 0.3) is 0 Å². The molecule has 0 amide bonds. The van der Waals surface area contributed by atoms with Crippen LogP contribution >= 0.6 is 0 Å². The van der Waals surface area contributed by atoms with Gasteiger partial charge >= 0.3 is 0 Å². The Morgan fingerprint density at radius 3 is 2.59 bits per heavy atom. The molecule has 0 saturated carbocycles. The van der Waals surface area contributed by atoms with E-state index in [1.165, 1.54) is 0 Å². The molecule has 0 spiro atoms. The highest BCUT2D eigenvalue weighted by molar-refractivity contribution is 5.45. The summed E-state index contributed by atoms with van der Waals surface area (Å²) in [7, 11) is 4.15. The van der Waals surface area contributed by atoms with Crippen molar-refractivity contribution in [3.8, 4) is 0 Å². The lowest BCUT2D eigenvalue weighted by Gasteiger charge is -2.26. The summed E-state index contributed by atoms with van der Waals surface area (Å²) in [5, 5.41) is 8.19. The Hall–Kier alpha value is -1.20. The third kappa shape index (κ3) is 4.28. The highest BCUT2D eigenvalue weighted by atomic mass is 15.3. The summed E-state index contributed by atoms with van der Waals surface area (Å²) in [4.78, 5) is 4.43. The normalized spacial score (nSPS) is 10.9. The second-order valence-corrected chi connectivity index (χ2v) is 4.37. The molecule has 0 unspecified atom stereocenters. The highest BCUT2D eigenvalue weighted by Crippen LogP contribution is 2.15. The van der Waals surface area contributed by atoms with Crippen molar-refractivity contribution in [2.75, 3.05) is 38.6 Å². The Morgan fingerprint density at radius 2 is 2.00 bits per heavy atom. The molecule has 5 nitrogen and oxygen atoms in total. The van der Waals surface area contributed by atoms with Crippen molar-refractivity contribution in [1.82, 2.24) is 15.1 Å². The quantitative estimate of drug-likeness (QED) is 0.757. The Balaban J connectivity index is 2.80. The van der Waals surface area contributed by atoms with Crippen LogP contribution in [0.5, 0.6) is 0 Å². The predicted molar refractivity (Wildman–Crippen MR) is 71.0 cm³/mol. The van der Waals surface area contributed by atoms with Gasteiger partial charge in [0.1, 0.15) is 0 Å². The molecule has 96 valence electrons. The van der Waals surface area contributed by atoms with Crippen LogP contribution in [0.3, 0.4) is 0 Å². The molecule has 1 heterocycles. The van der Waals surface area contributed by atoms with E-state index in [0.29, 0.717) is 6.54 Å². The number of anilines is 1. The van der Waals surface area contributed by atoms with Crippen molar-refractivity contribution in [3.05, 3.63) is 17.8 Å². The standard InChI is InChI=1S/C12H23N5/c1-4-7-17(9-8-16(2)3)12-11(10-13)5-6-14-15-12/h5-6H,4,7-10,13H2,1-3H3. The molecule has 0 aliphatic heterocycles. The van der Waals surface area contributed by atoms with Crippen LogP contribution in [0.2, 0.25) is 0 Å². The minimum atomic E-state index is 0.507. The largest absolute Gasteiger partial charge is 0.354 e. The SMILES string of the molecule is CCCN(CCN(C)C)c1nnccc1CN. The summed E-state index contributed by atoms with van der Waals surface area (Å²) in [6, 6.07) is 1.95. The van der Waals surface area contributed by atoms with Gasteiger partial charge in [-0.2, -0.15) is 5.10 Å². The van der Waals surface area contributed by atoms with Crippen molar-refractivity contribution in [2.24, 2.45) is 5.73 Å². The van der Waals surface area contributed by atoms with Crippen molar-refractivity contribution >= 4 is 5.82 Å². The molecule has 0 aliphatic rings. The molecule has 1 aromatic rings. The third-order valence-electron chi connectivity index (χ3n) is 2.61. The molecule has 0 bridgehead atoms. The number of aromatic nitrogens is 2. The first kappa shape index (κ1) is 13.9. The van der Waals surface area contributed by atoms with Crippen LogP contribution in [0.15, 0.2) is 12.3 Å². The lowest BCUT2D eigenvalue weighted by Crippen LogP contribution is -2.34. The van der Waals surface area contributed by atoms with Gasteiger partial charge in [0.15, 0.2) is 5.82 Å². The summed E-state index contributed by atoms with van der Waals surface area (Å²) < 4.78 is 0. The van der Waals surface area contributed by atoms with Gasteiger partial charge in [-0.25, -0.2) is 0 Å². The molecule has 0 atom stereocenters. The van der Waals surface area contributed by atoms with Crippen LogP contribution in [-0.4, -0.2) is 48.8 Å². The van der Waals surface area contributed by atoms with Crippen molar-refractivity contribution in [3.63, 3.8) is 0 Å². The van der Waals surface area contributed by atoms with E-state index in [0.717, 1.165) is 37.4 Å². The van der Waals surface area contributed by atoms with Crippen LogP contribution in [0.4, 0.5) is 5.82 Å². The summed E-state index contributed by atoms with van der Waals surface area (Å²) in [5.41, 5.74) is 6.80. The molecule has 5 heteroatoms. The van der Waals surface area contributed by atoms with Gasteiger partial charge in [0, 0.05) is 31.7 Å².